The van der Waals surface area contributed by atoms with Gasteiger partial charge in [-0.1, -0.05) is 27.7 Å². The minimum Gasteiger partial charge on any atom is -0.404 e. The summed E-state index contributed by atoms with van der Waals surface area (Å²) in [5.41, 5.74) is -1.37. The molecule has 8 heteroatoms. The SMILES string of the molecule is CC[C@]1(O)C[C@](O[Si](C)(C)C(C)(C)C)(c2ncc(B3OC(C)(C)C(C)(C)O3)cn2)C1. The number of hydrogen-bond donors (Lipinski definition) is 1. The van der Waals surface area contributed by atoms with E-state index in [9.17, 15) is 5.11 Å². The van der Waals surface area contributed by atoms with Crippen molar-refractivity contribution in [1.29, 1.82) is 0 Å². The van der Waals surface area contributed by atoms with Crippen molar-refractivity contribution in [3.63, 3.8) is 0 Å². The molecule has 0 aromatic carbocycles. The maximum atomic E-state index is 10.8. The minimum absolute atomic E-state index is 0.0581. The monoisotopic (exact) mass is 434 g/mol. The van der Waals surface area contributed by atoms with Crippen LogP contribution in [-0.4, -0.2) is 47.3 Å². The van der Waals surface area contributed by atoms with Crippen LogP contribution in [0.15, 0.2) is 12.4 Å². The zero-order valence-corrected chi connectivity index (χ0v) is 21.4. The van der Waals surface area contributed by atoms with Gasteiger partial charge < -0.3 is 18.8 Å². The van der Waals surface area contributed by atoms with E-state index in [1.807, 2.05) is 34.6 Å². The first-order chi connectivity index (χ1) is 13.5. The molecule has 6 nitrogen and oxygen atoms in total. The number of rotatable bonds is 5. The summed E-state index contributed by atoms with van der Waals surface area (Å²) >= 11 is 0. The van der Waals surface area contributed by atoms with E-state index in [-0.39, 0.29) is 5.04 Å². The van der Waals surface area contributed by atoms with E-state index in [1.54, 1.807) is 12.4 Å². The third-order valence-electron chi connectivity index (χ3n) is 7.75. The molecule has 3 rings (SSSR count). The third kappa shape index (κ3) is 4.01. The van der Waals surface area contributed by atoms with Gasteiger partial charge in [0.1, 0.15) is 5.60 Å². The highest BCUT2D eigenvalue weighted by molar-refractivity contribution is 6.74. The molecule has 168 valence electrons. The van der Waals surface area contributed by atoms with Crippen LogP contribution in [0.1, 0.15) is 80.5 Å². The second-order valence-corrected chi connectivity index (χ2v) is 16.4. The lowest BCUT2D eigenvalue weighted by molar-refractivity contribution is -0.182. The predicted octanol–water partition coefficient (Wildman–Crippen LogP) is 3.93. The average molecular weight is 434 g/mol. The normalized spacial score (nSPS) is 31.0. The molecule has 0 amide bonds. The highest BCUT2D eigenvalue weighted by atomic mass is 28.4. The molecule has 0 atom stereocenters. The number of nitrogens with zero attached hydrogens (tertiary/aromatic N) is 2. The molecule has 0 spiro atoms. The first kappa shape index (κ1) is 23.9. The summed E-state index contributed by atoms with van der Waals surface area (Å²) < 4.78 is 19.1. The lowest BCUT2D eigenvalue weighted by Gasteiger charge is -2.56. The van der Waals surface area contributed by atoms with Gasteiger partial charge in [-0.15, -0.1) is 0 Å². The fraction of sp³-hybridized carbons (Fsp3) is 0.818. The maximum absolute atomic E-state index is 10.8. The maximum Gasteiger partial charge on any atom is 0.498 e. The lowest BCUT2D eigenvalue weighted by atomic mass is 9.65. The van der Waals surface area contributed by atoms with Gasteiger partial charge in [0.05, 0.1) is 16.8 Å². The van der Waals surface area contributed by atoms with E-state index in [0.29, 0.717) is 25.1 Å². The largest absolute Gasteiger partial charge is 0.498 e. The smallest absolute Gasteiger partial charge is 0.404 e. The number of aliphatic hydroxyl groups is 1. The molecule has 1 aromatic heterocycles. The van der Waals surface area contributed by atoms with Gasteiger partial charge in [-0.05, 0) is 52.2 Å². The first-order valence-corrected chi connectivity index (χ1v) is 14.0. The Morgan fingerprint density at radius 1 is 1.07 bits per heavy atom. The molecule has 30 heavy (non-hydrogen) atoms. The van der Waals surface area contributed by atoms with Crippen LogP contribution in [0.5, 0.6) is 0 Å². The zero-order valence-electron chi connectivity index (χ0n) is 20.4. The van der Waals surface area contributed by atoms with Gasteiger partial charge in [-0.2, -0.15) is 0 Å². The number of aromatic nitrogens is 2. The van der Waals surface area contributed by atoms with Gasteiger partial charge in [-0.25, -0.2) is 9.97 Å². The quantitative estimate of drug-likeness (QED) is 0.708. The van der Waals surface area contributed by atoms with Gasteiger partial charge in [0.25, 0.3) is 0 Å². The van der Waals surface area contributed by atoms with E-state index >= 15 is 0 Å². The molecule has 0 bridgehead atoms. The molecule has 0 radical (unpaired) electrons. The van der Waals surface area contributed by atoms with Crippen LogP contribution in [0.2, 0.25) is 18.1 Å². The Bertz CT molecular complexity index is 767. The summed E-state index contributed by atoms with van der Waals surface area (Å²) in [4.78, 5) is 9.39. The van der Waals surface area contributed by atoms with Crippen LogP contribution in [0.4, 0.5) is 0 Å². The van der Waals surface area contributed by atoms with Crippen molar-refractivity contribution >= 4 is 20.9 Å². The van der Waals surface area contributed by atoms with Crippen molar-refractivity contribution < 1.29 is 18.8 Å². The standard InChI is InChI=1S/C22H39BN2O4Si/c1-11-21(26)14-22(15-21,29-30(9,10)18(2,3)4)17-24-12-16(13-25-17)23-27-19(5,6)20(7,8)28-23/h12-13,26H,11,14-15H2,1-10H3/t21-,22+. The Balaban J connectivity index is 1.88. The van der Waals surface area contributed by atoms with E-state index in [1.165, 1.54) is 0 Å². The van der Waals surface area contributed by atoms with Crippen molar-refractivity contribution in [1.82, 2.24) is 9.97 Å². The van der Waals surface area contributed by atoms with Crippen LogP contribution in [0.3, 0.4) is 0 Å². The Morgan fingerprint density at radius 2 is 1.53 bits per heavy atom. The highest BCUT2D eigenvalue weighted by Gasteiger charge is 2.60. The fourth-order valence-corrected chi connectivity index (χ4v) is 5.37. The van der Waals surface area contributed by atoms with Crippen LogP contribution >= 0.6 is 0 Å². The van der Waals surface area contributed by atoms with Gasteiger partial charge in [0, 0.05) is 30.7 Å². The van der Waals surface area contributed by atoms with Crippen molar-refractivity contribution in [2.75, 3.05) is 0 Å². The lowest BCUT2D eigenvalue weighted by Crippen LogP contribution is -2.61. The van der Waals surface area contributed by atoms with Crippen LogP contribution in [0, 0.1) is 0 Å². The third-order valence-corrected chi connectivity index (χ3v) is 12.3. The minimum atomic E-state index is -2.09. The van der Waals surface area contributed by atoms with Crippen molar-refractivity contribution in [3.05, 3.63) is 18.2 Å². The second kappa shape index (κ2) is 7.10. The molecule has 1 aliphatic carbocycles. The topological polar surface area (TPSA) is 73.7 Å². The molecule has 1 saturated carbocycles. The Kier molecular flexibility index (Phi) is 5.65. The second-order valence-electron chi connectivity index (χ2n) is 11.7. The van der Waals surface area contributed by atoms with E-state index in [4.69, 9.17) is 23.7 Å². The zero-order chi connectivity index (χ0) is 22.8. The Labute approximate surface area is 183 Å². The molecule has 2 fully saturated rings. The van der Waals surface area contributed by atoms with Crippen molar-refractivity contribution in [3.8, 4) is 0 Å². The molecule has 1 saturated heterocycles. The number of hydrogen-bond acceptors (Lipinski definition) is 6. The van der Waals surface area contributed by atoms with E-state index < -0.39 is 37.8 Å². The van der Waals surface area contributed by atoms with Crippen LogP contribution in [0.25, 0.3) is 0 Å². The van der Waals surface area contributed by atoms with Crippen molar-refractivity contribution in [2.45, 2.75) is 115 Å². The van der Waals surface area contributed by atoms with E-state index in [2.05, 4.69) is 33.9 Å². The molecule has 1 aromatic rings. The molecule has 2 aliphatic rings. The summed E-state index contributed by atoms with van der Waals surface area (Å²) in [6, 6.07) is 0. The van der Waals surface area contributed by atoms with Crippen molar-refractivity contribution in [2.24, 2.45) is 0 Å². The van der Waals surface area contributed by atoms with Gasteiger partial charge >= 0.3 is 7.12 Å². The van der Waals surface area contributed by atoms with Gasteiger partial charge in [0.2, 0.25) is 0 Å². The predicted molar refractivity (Wildman–Crippen MR) is 122 cm³/mol. The molecule has 2 heterocycles. The molecular formula is C22H39BN2O4Si. The average Bonchev–Trinajstić information content (AvgIpc) is 2.79. The van der Waals surface area contributed by atoms with Crippen LogP contribution < -0.4 is 5.46 Å². The van der Waals surface area contributed by atoms with Gasteiger partial charge in [-0.3, -0.25) is 0 Å². The molecular weight excluding hydrogens is 395 g/mol. The summed E-state index contributed by atoms with van der Waals surface area (Å²) in [6.07, 6.45) is 5.31. The van der Waals surface area contributed by atoms with E-state index in [0.717, 1.165) is 5.46 Å². The molecule has 1 aliphatic heterocycles. The Hall–Kier alpha value is -0.798. The fourth-order valence-electron chi connectivity index (χ4n) is 3.85. The van der Waals surface area contributed by atoms with Crippen LogP contribution in [-0.2, 0) is 19.3 Å². The first-order valence-electron chi connectivity index (χ1n) is 11.1. The highest BCUT2D eigenvalue weighted by Crippen LogP contribution is 2.55. The Morgan fingerprint density at radius 3 is 1.93 bits per heavy atom. The summed E-state index contributed by atoms with van der Waals surface area (Å²) in [7, 11) is -2.58. The summed E-state index contributed by atoms with van der Waals surface area (Å²) in [6.45, 7) is 21.3. The molecule has 0 unspecified atom stereocenters. The molecule has 1 N–H and O–H groups in total. The summed E-state index contributed by atoms with van der Waals surface area (Å²) in [5, 5.41) is 10.9. The van der Waals surface area contributed by atoms with Gasteiger partial charge in [0.15, 0.2) is 14.1 Å². The summed E-state index contributed by atoms with van der Waals surface area (Å²) in [5.74, 6) is 0.644.